The standard InChI is InChI=1S/C13H15NS3/c1-14-13(11-3-2-5-16-11)12-7-9-8-15-6-4-10(9)17-12/h2-3,5,7,13-14H,4,6,8H2,1H3. The molecule has 0 saturated carbocycles. The summed E-state index contributed by atoms with van der Waals surface area (Å²) >= 11 is 5.89. The average molecular weight is 281 g/mol. The van der Waals surface area contributed by atoms with Gasteiger partial charge in [-0.2, -0.15) is 11.8 Å². The lowest BCUT2D eigenvalue weighted by Gasteiger charge is -2.11. The van der Waals surface area contributed by atoms with Crippen molar-refractivity contribution in [3.8, 4) is 0 Å². The molecule has 1 atom stereocenters. The van der Waals surface area contributed by atoms with Crippen LogP contribution in [0.3, 0.4) is 0 Å². The minimum Gasteiger partial charge on any atom is -0.308 e. The van der Waals surface area contributed by atoms with Crippen molar-refractivity contribution in [2.24, 2.45) is 0 Å². The van der Waals surface area contributed by atoms with E-state index in [9.17, 15) is 0 Å². The molecule has 0 bridgehead atoms. The summed E-state index contributed by atoms with van der Waals surface area (Å²) in [6, 6.07) is 7.15. The van der Waals surface area contributed by atoms with E-state index in [0.717, 1.165) is 0 Å². The molecule has 1 aliphatic rings. The van der Waals surface area contributed by atoms with Gasteiger partial charge in [0.1, 0.15) is 0 Å². The summed E-state index contributed by atoms with van der Waals surface area (Å²) in [6.45, 7) is 0. The van der Waals surface area contributed by atoms with Crippen molar-refractivity contribution in [3.05, 3.63) is 43.8 Å². The summed E-state index contributed by atoms with van der Waals surface area (Å²) in [5.41, 5.74) is 1.57. The van der Waals surface area contributed by atoms with Crippen molar-refractivity contribution >= 4 is 34.4 Å². The highest BCUT2D eigenvalue weighted by atomic mass is 32.2. The molecule has 3 rings (SSSR count). The number of fused-ring (bicyclic) bond motifs is 1. The number of rotatable bonds is 3. The lowest BCUT2D eigenvalue weighted by molar-refractivity contribution is 0.716. The van der Waals surface area contributed by atoms with Crippen LogP contribution in [0, 0.1) is 0 Å². The third kappa shape index (κ3) is 2.32. The maximum Gasteiger partial charge on any atom is 0.0762 e. The average Bonchev–Trinajstić information content (AvgIpc) is 2.98. The van der Waals surface area contributed by atoms with E-state index in [1.807, 2.05) is 22.7 Å². The summed E-state index contributed by atoms with van der Waals surface area (Å²) in [5.74, 6) is 2.49. The lowest BCUT2D eigenvalue weighted by atomic mass is 10.1. The van der Waals surface area contributed by atoms with Gasteiger partial charge in [-0.25, -0.2) is 0 Å². The van der Waals surface area contributed by atoms with Crippen LogP contribution in [0.5, 0.6) is 0 Å². The van der Waals surface area contributed by atoms with Crippen molar-refractivity contribution in [1.29, 1.82) is 0 Å². The molecule has 1 nitrogen and oxygen atoms in total. The molecule has 0 fully saturated rings. The van der Waals surface area contributed by atoms with Gasteiger partial charge in [-0.1, -0.05) is 6.07 Å². The Morgan fingerprint density at radius 1 is 1.35 bits per heavy atom. The molecule has 0 aliphatic carbocycles. The summed E-state index contributed by atoms with van der Waals surface area (Å²) in [6.07, 6.45) is 1.26. The predicted molar refractivity (Wildman–Crippen MR) is 79.4 cm³/mol. The SMILES string of the molecule is CNC(c1cccs1)c1cc2c(s1)CCSC2. The second kappa shape index (κ2) is 5.14. The van der Waals surface area contributed by atoms with E-state index >= 15 is 0 Å². The highest BCUT2D eigenvalue weighted by molar-refractivity contribution is 7.98. The van der Waals surface area contributed by atoms with Crippen LogP contribution >= 0.6 is 34.4 Å². The highest BCUT2D eigenvalue weighted by Crippen LogP contribution is 2.37. The normalized spacial score (nSPS) is 16.8. The molecule has 0 amide bonds. The van der Waals surface area contributed by atoms with Crippen molar-refractivity contribution in [3.63, 3.8) is 0 Å². The van der Waals surface area contributed by atoms with Crippen LogP contribution in [-0.2, 0) is 12.2 Å². The van der Waals surface area contributed by atoms with Crippen molar-refractivity contribution in [2.75, 3.05) is 12.8 Å². The summed E-state index contributed by atoms with van der Waals surface area (Å²) in [4.78, 5) is 4.50. The van der Waals surface area contributed by atoms with Crippen LogP contribution in [0.1, 0.15) is 26.2 Å². The number of thiophene rings is 2. The second-order valence-electron chi connectivity index (χ2n) is 4.14. The summed E-state index contributed by atoms with van der Waals surface area (Å²) in [5, 5.41) is 5.60. The molecule has 90 valence electrons. The zero-order chi connectivity index (χ0) is 11.7. The van der Waals surface area contributed by atoms with Gasteiger partial charge < -0.3 is 5.32 Å². The molecule has 0 radical (unpaired) electrons. The van der Waals surface area contributed by atoms with Gasteiger partial charge in [-0.15, -0.1) is 22.7 Å². The first kappa shape index (κ1) is 11.8. The first-order valence-electron chi connectivity index (χ1n) is 5.78. The molecule has 3 heterocycles. The third-order valence-corrected chi connectivity index (χ3v) is 6.29. The smallest absolute Gasteiger partial charge is 0.0762 e. The van der Waals surface area contributed by atoms with Crippen LogP contribution in [0.4, 0.5) is 0 Å². The van der Waals surface area contributed by atoms with E-state index in [2.05, 4.69) is 47.7 Å². The molecule has 0 aromatic carbocycles. The largest absolute Gasteiger partial charge is 0.308 e. The Hall–Kier alpha value is -0.290. The molecular formula is C13H15NS3. The van der Waals surface area contributed by atoms with Gasteiger partial charge in [-0.05, 0) is 42.3 Å². The van der Waals surface area contributed by atoms with Crippen molar-refractivity contribution in [1.82, 2.24) is 5.32 Å². The van der Waals surface area contributed by atoms with E-state index in [1.165, 1.54) is 27.7 Å². The molecule has 1 unspecified atom stereocenters. The maximum atomic E-state index is 3.44. The molecule has 1 aliphatic heterocycles. The fourth-order valence-electron chi connectivity index (χ4n) is 2.19. The Morgan fingerprint density at radius 2 is 2.29 bits per heavy atom. The van der Waals surface area contributed by atoms with Gasteiger partial charge in [0.2, 0.25) is 0 Å². The summed E-state index contributed by atoms with van der Waals surface area (Å²) < 4.78 is 0. The van der Waals surface area contributed by atoms with Gasteiger partial charge in [0, 0.05) is 20.4 Å². The number of nitrogens with one attached hydrogen (secondary N) is 1. The van der Waals surface area contributed by atoms with Crippen LogP contribution < -0.4 is 5.32 Å². The second-order valence-corrected chi connectivity index (χ2v) is 7.39. The number of hydrogen-bond acceptors (Lipinski definition) is 4. The third-order valence-electron chi connectivity index (χ3n) is 3.05. The number of aryl methyl sites for hydroxylation is 1. The van der Waals surface area contributed by atoms with E-state index in [-0.39, 0.29) is 0 Å². The molecule has 2 aromatic rings. The molecule has 17 heavy (non-hydrogen) atoms. The fourth-order valence-corrected chi connectivity index (χ4v) is 5.63. The first-order chi connectivity index (χ1) is 8.38. The summed E-state index contributed by atoms with van der Waals surface area (Å²) in [7, 11) is 2.05. The van der Waals surface area contributed by atoms with Gasteiger partial charge in [0.15, 0.2) is 0 Å². The lowest BCUT2D eigenvalue weighted by Crippen LogP contribution is -2.14. The monoisotopic (exact) mass is 281 g/mol. The van der Waals surface area contributed by atoms with E-state index in [4.69, 9.17) is 0 Å². The molecule has 2 aromatic heterocycles. The van der Waals surface area contributed by atoms with Gasteiger partial charge in [-0.3, -0.25) is 0 Å². The van der Waals surface area contributed by atoms with Crippen LogP contribution in [0.2, 0.25) is 0 Å². The topological polar surface area (TPSA) is 12.0 Å². The van der Waals surface area contributed by atoms with Gasteiger partial charge in [0.05, 0.1) is 6.04 Å². The maximum absolute atomic E-state index is 3.44. The van der Waals surface area contributed by atoms with Crippen LogP contribution in [0.25, 0.3) is 0 Å². The Bertz CT molecular complexity index is 463. The Morgan fingerprint density at radius 3 is 3.00 bits per heavy atom. The zero-order valence-corrected chi connectivity index (χ0v) is 12.2. The molecule has 0 saturated heterocycles. The fraction of sp³-hybridized carbons (Fsp3) is 0.385. The Kier molecular flexibility index (Phi) is 3.56. The molecule has 1 N–H and O–H groups in total. The molecular weight excluding hydrogens is 266 g/mol. The Labute approximate surface area is 114 Å². The first-order valence-corrected chi connectivity index (χ1v) is 8.63. The quantitative estimate of drug-likeness (QED) is 0.915. The molecule has 4 heteroatoms. The molecule has 0 spiro atoms. The van der Waals surface area contributed by atoms with Crippen LogP contribution in [-0.4, -0.2) is 12.8 Å². The Balaban J connectivity index is 1.94. The van der Waals surface area contributed by atoms with Crippen molar-refractivity contribution < 1.29 is 0 Å². The van der Waals surface area contributed by atoms with E-state index in [1.54, 1.807) is 10.4 Å². The van der Waals surface area contributed by atoms with Crippen molar-refractivity contribution in [2.45, 2.75) is 18.2 Å². The van der Waals surface area contributed by atoms with E-state index in [0.29, 0.717) is 6.04 Å². The predicted octanol–water partition coefficient (Wildman–Crippen LogP) is 3.91. The minimum atomic E-state index is 0.385. The number of hydrogen-bond donors (Lipinski definition) is 1. The zero-order valence-electron chi connectivity index (χ0n) is 9.73. The minimum absolute atomic E-state index is 0.385. The highest BCUT2D eigenvalue weighted by Gasteiger charge is 2.20. The van der Waals surface area contributed by atoms with Gasteiger partial charge in [0.25, 0.3) is 0 Å². The van der Waals surface area contributed by atoms with E-state index < -0.39 is 0 Å². The van der Waals surface area contributed by atoms with Crippen LogP contribution in [0.15, 0.2) is 23.6 Å². The van der Waals surface area contributed by atoms with Gasteiger partial charge >= 0.3 is 0 Å². The number of thioether (sulfide) groups is 1.